The monoisotopic (exact) mass is 401 g/mol. The number of guanidine groups is 1. The van der Waals surface area contributed by atoms with E-state index in [4.69, 9.17) is 5.41 Å². The number of alkyl halides is 6. The SMILES string of the molecule is N=C1N(Cc2cccc(C(F)(F)F)c2)CCN1Cc1cccc(C(F)(F)F)c1. The second kappa shape index (κ2) is 7.37. The van der Waals surface area contributed by atoms with Crippen molar-refractivity contribution in [3.63, 3.8) is 0 Å². The van der Waals surface area contributed by atoms with Gasteiger partial charge >= 0.3 is 12.4 Å². The van der Waals surface area contributed by atoms with Gasteiger partial charge in [-0.1, -0.05) is 24.3 Å². The van der Waals surface area contributed by atoms with E-state index in [0.29, 0.717) is 24.2 Å². The van der Waals surface area contributed by atoms with Crippen molar-refractivity contribution in [2.45, 2.75) is 25.4 Å². The fourth-order valence-corrected chi connectivity index (χ4v) is 3.09. The fourth-order valence-electron chi connectivity index (χ4n) is 3.09. The van der Waals surface area contributed by atoms with Crippen LogP contribution in [0.15, 0.2) is 48.5 Å². The minimum atomic E-state index is -4.44. The summed E-state index contributed by atoms with van der Waals surface area (Å²) in [6, 6.07) is 9.80. The summed E-state index contributed by atoms with van der Waals surface area (Å²) >= 11 is 0. The first-order valence-electron chi connectivity index (χ1n) is 8.45. The van der Waals surface area contributed by atoms with Gasteiger partial charge in [0.05, 0.1) is 11.1 Å². The Kier molecular flexibility index (Phi) is 5.27. The van der Waals surface area contributed by atoms with Gasteiger partial charge in [0, 0.05) is 26.2 Å². The largest absolute Gasteiger partial charge is 0.416 e. The van der Waals surface area contributed by atoms with Crippen molar-refractivity contribution < 1.29 is 26.3 Å². The third kappa shape index (κ3) is 4.58. The molecular weight excluding hydrogens is 384 g/mol. The van der Waals surface area contributed by atoms with Crippen LogP contribution in [0.5, 0.6) is 0 Å². The summed E-state index contributed by atoms with van der Waals surface area (Å²) in [7, 11) is 0. The summed E-state index contributed by atoms with van der Waals surface area (Å²) in [5.74, 6) is 0.0785. The minimum absolute atomic E-state index is 0.0785. The number of nitrogens with one attached hydrogen (secondary N) is 1. The van der Waals surface area contributed by atoms with Gasteiger partial charge in [-0.25, -0.2) is 0 Å². The Morgan fingerprint density at radius 2 is 1.11 bits per heavy atom. The smallest absolute Gasteiger partial charge is 0.337 e. The van der Waals surface area contributed by atoms with E-state index in [2.05, 4.69) is 0 Å². The van der Waals surface area contributed by atoms with Gasteiger partial charge in [0.15, 0.2) is 5.96 Å². The molecule has 2 aromatic carbocycles. The predicted molar refractivity (Wildman–Crippen MR) is 91.4 cm³/mol. The van der Waals surface area contributed by atoms with Gasteiger partial charge in [-0.05, 0) is 35.4 Å². The molecule has 0 atom stereocenters. The van der Waals surface area contributed by atoms with E-state index in [9.17, 15) is 26.3 Å². The second-order valence-electron chi connectivity index (χ2n) is 6.56. The molecule has 0 radical (unpaired) electrons. The third-order valence-corrected chi connectivity index (χ3v) is 4.49. The Bertz CT molecular complexity index is 790. The highest BCUT2D eigenvalue weighted by Crippen LogP contribution is 2.31. The molecule has 0 aliphatic carbocycles. The van der Waals surface area contributed by atoms with Gasteiger partial charge in [-0.15, -0.1) is 0 Å². The first kappa shape index (κ1) is 20.0. The Balaban J connectivity index is 1.67. The molecule has 1 fully saturated rings. The summed E-state index contributed by atoms with van der Waals surface area (Å²) in [4.78, 5) is 3.20. The van der Waals surface area contributed by atoms with Gasteiger partial charge in [0.25, 0.3) is 0 Å². The Morgan fingerprint density at radius 3 is 1.46 bits per heavy atom. The average molecular weight is 401 g/mol. The van der Waals surface area contributed by atoms with Crippen molar-refractivity contribution in [3.8, 4) is 0 Å². The highest BCUT2D eigenvalue weighted by atomic mass is 19.4. The van der Waals surface area contributed by atoms with Crippen LogP contribution in [0.4, 0.5) is 26.3 Å². The van der Waals surface area contributed by atoms with Crippen LogP contribution in [-0.2, 0) is 25.4 Å². The van der Waals surface area contributed by atoms with Crippen molar-refractivity contribution in [3.05, 3.63) is 70.8 Å². The standard InChI is InChI=1S/C19H17F6N3/c20-18(21,22)15-5-1-3-13(9-15)11-27-7-8-28(17(27)26)12-14-4-2-6-16(10-14)19(23,24)25/h1-6,9-10,26H,7-8,11-12H2. The van der Waals surface area contributed by atoms with Crippen LogP contribution >= 0.6 is 0 Å². The van der Waals surface area contributed by atoms with Gasteiger partial charge in [0.2, 0.25) is 0 Å². The van der Waals surface area contributed by atoms with Crippen LogP contribution in [0.2, 0.25) is 0 Å². The molecule has 0 bridgehead atoms. The molecule has 150 valence electrons. The number of hydrogen-bond acceptors (Lipinski definition) is 1. The number of rotatable bonds is 4. The summed E-state index contributed by atoms with van der Waals surface area (Å²) in [5.41, 5.74) is -0.672. The molecule has 3 rings (SSSR count). The first-order valence-corrected chi connectivity index (χ1v) is 8.45. The van der Waals surface area contributed by atoms with Crippen LogP contribution in [0.3, 0.4) is 0 Å². The zero-order valence-electron chi connectivity index (χ0n) is 14.6. The summed E-state index contributed by atoms with van der Waals surface area (Å²) in [6.45, 7) is 1.08. The lowest BCUT2D eigenvalue weighted by Crippen LogP contribution is -2.32. The Morgan fingerprint density at radius 1 is 0.714 bits per heavy atom. The molecule has 0 unspecified atom stereocenters. The Hall–Kier alpha value is -2.71. The molecule has 9 heteroatoms. The van der Waals surface area contributed by atoms with E-state index >= 15 is 0 Å². The quantitative estimate of drug-likeness (QED) is 0.733. The fraction of sp³-hybridized carbons (Fsp3) is 0.316. The lowest BCUT2D eigenvalue weighted by atomic mass is 10.1. The van der Waals surface area contributed by atoms with E-state index < -0.39 is 23.5 Å². The number of benzene rings is 2. The molecule has 1 aliphatic heterocycles. The number of hydrogen-bond donors (Lipinski definition) is 1. The maximum Gasteiger partial charge on any atom is 0.416 e. The lowest BCUT2D eigenvalue weighted by Gasteiger charge is -2.22. The van der Waals surface area contributed by atoms with E-state index in [0.717, 1.165) is 24.3 Å². The molecule has 2 aromatic rings. The molecule has 1 aliphatic rings. The molecule has 28 heavy (non-hydrogen) atoms. The van der Waals surface area contributed by atoms with Crippen molar-refractivity contribution in [2.75, 3.05) is 13.1 Å². The maximum absolute atomic E-state index is 12.8. The third-order valence-electron chi connectivity index (χ3n) is 4.49. The summed E-state index contributed by atoms with van der Waals surface area (Å²) in [6.07, 6.45) is -8.88. The molecule has 0 aromatic heterocycles. The van der Waals surface area contributed by atoms with Crippen LogP contribution < -0.4 is 0 Å². The molecule has 1 N–H and O–H groups in total. The maximum atomic E-state index is 12.8. The number of nitrogens with zero attached hydrogens (tertiary/aromatic N) is 2. The average Bonchev–Trinajstić information content (AvgIpc) is 2.94. The molecule has 1 saturated heterocycles. The van der Waals surface area contributed by atoms with Crippen molar-refractivity contribution in [1.82, 2.24) is 9.80 Å². The zero-order valence-corrected chi connectivity index (χ0v) is 14.6. The van der Waals surface area contributed by atoms with E-state index in [1.165, 1.54) is 12.1 Å². The van der Waals surface area contributed by atoms with Crippen molar-refractivity contribution >= 4 is 5.96 Å². The molecule has 0 amide bonds. The summed E-state index contributed by atoms with van der Waals surface area (Å²) < 4.78 is 77.0. The van der Waals surface area contributed by atoms with Crippen LogP contribution in [0, 0.1) is 5.41 Å². The van der Waals surface area contributed by atoms with Gasteiger partial charge < -0.3 is 9.80 Å². The highest BCUT2D eigenvalue weighted by molar-refractivity contribution is 5.78. The van der Waals surface area contributed by atoms with Crippen molar-refractivity contribution in [1.29, 1.82) is 5.41 Å². The van der Waals surface area contributed by atoms with Gasteiger partial charge in [0.1, 0.15) is 0 Å². The first-order chi connectivity index (χ1) is 13.0. The number of halogens is 6. The van der Waals surface area contributed by atoms with Crippen LogP contribution in [-0.4, -0.2) is 28.8 Å². The normalized spacial score (nSPS) is 15.4. The van der Waals surface area contributed by atoms with Gasteiger partial charge in [-0.2, -0.15) is 26.3 Å². The van der Waals surface area contributed by atoms with Crippen LogP contribution in [0.25, 0.3) is 0 Å². The van der Waals surface area contributed by atoms with E-state index in [1.807, 2.05) is 0 Å². The molecule has 1 heterocycles. The highest BCUT2D eigenvalue weighted by Gasteiger charge is 2.32. The predicted octanol–water partition coefficient (Wildman–Crippen LogP) is 4.98. The second-order valence-corrected chi connectivity index (χ2v) is 6.56. The van der Waals surface area contributed by atoms with Gasteiger partial charge in [-0.3, -0.25) is 5.41 Å². The van der Waals surface area contributed by atoms with E-state index in [-0.39, 0.29) is 19.0 Å². The molecular formula is C19H17F6N3. The Labute approximate surface area is 157 Å². The van der Waals surface area contributed by atoms with Crippen molar-refractivity contribution in [2.24, 2.45) is 0 Å². The van der Waals surface area contributed by atoms with E-state index in [1.54, 1.807) is 21.9 Å². The lowest BCUT2D eigenvalue weighted by molar-refractivity contribution is -0.138. The molecule has 0 saturated carbocycles. The molecule has 3 nitrogen and oxygen atoms in total. The topological polar surface area (TPSA) is 30.3 Å². The van der Waals surface area contributed by atoms with Crippen LogP contribution in [0.1, 0.15) is 22.3 Å². The summed E-state index contributed by atoms with van der Waals surface area (Å²) in [5, 5.41) is 8.22. The zero-order chi connectivity index (χ0) is 20.5. The molecule has 0 spiro atoms. The minimum Gasteiger partial charge on any atom is -0.337 e.